The molecule has 0 radical (unpaired) electrons. The summed E-state index contributed by atoms with van der Waals surface area (Å²) in [6.07, 6.45) is 5.35. The molecule has 0 aliphatic heterocycles. The zero-order valence-electron chi connectivity index (χ0n) is 23.0. The summed E-state index contributed by atoms with van der Waals surface area (Å²) >= 11 is 0. The Morgan fingerprint density at radius 3 is 2.43 bits per heavy atom. The third-order valence-electron chi connectivity index (χ3n) is 6.80. The number of rotatable bonds is 5. The van der Waals surface area contributed by atoms with Gasteiger partial charge in [0.05, 0.1) is 11.8 Å². The molecule has 0 unspecified atom stereocenters. The van der Waals surface area contributed by atoms with Gasteiger partial charge in [-0.25, -0.2) is 19.3 Å². The van der Waals surface area contributed by atoms with Gasteiger partial charge < -0.3 is 16.4 Å². The Morgan fingerprint density at radius 2 is 1.74 bits per heavy atom. The van der Waals surface area contributed by atoms with Gasteiger partial charge in [0.25, 0.3) is 11.8 Å². The lowest BCUT2D eigenvalue weighted by Crippen LogP contribution is -2.46. The highest BCUT2D eigenvalue weighted by Gasteiger charge is 2.33. The first-order chi connectivity index (χ1) is 19.8. The minimum absolute atomic E-state index is 0.0252. The summed E-state index contributed by atoms with van der Waals surface area (Å²) in [6.45, 7) is 2.56. The van der Waals surface area contributed by atoms with Crippen molar-refractivity contribution in [2.45, 2.75) is 63.3 Å². The lowest BCUT2D eigenvalue weighted by Gasteiger charge is -2.30. The van der Waals surface area contributed by atoms with Crippen LogP contribution in [0.25, 0.3) is 5.52 Å². The highest BCUT2D eigenvalue weighted by Crippen LogP contribution is 2.33. The number of carbonyl (C=O) groups is 2. The number of nitrogen functional groups attached to an aromatic ring is 1. The van der Waals surface area contributed by atoms with Crippen LogP contribution < -0.4 is 16.4 Å². The molecule has 1 aliphatic rings. The first-order valence-electron chi connectivity index (χ1n) is 13.3. The number of nitrogens with two attached hydrogens (primary N) is 1. The number of alkyl halides is 4. The minimum Gasteiger partial charge on any atom is -0.382 e. The molecule has 1 aliphatic carbocycles. The predicted octanol–water partition coefficient (Wildman–Crippen LogP) is 5.55. The number of nitrogens with one attached hydrogen (secondary N) is 2. The van der Waals surface area contributed by atoms with Gasteiger partial charge in [-0.3, -0.25) is 14.0 Å². The van der Waals surface area contributed by atoms with Crippen LogP contribution in [0.3, 0.4) is 0 Å². The summed E-state index contributed by atoms with van der Waals surface area (Å²) in [7, 11) is 0. The average Bonchev–Trinajstić information content (AvgIpc) is 3.39. The van der Waals surface area contributed by atoms with Crippen LogP contribution in [0.5, 0.6) is 0 Å². The van der Waals surface area contributed by atoms with Crippen LogP contribution in [0, 0.1) is 0 Å². The Bertz CT molecular complexity index is 1530. The van der Waals surface area contributed by atoms with Gasteiger partial charge in [0.1, 0.15) is 23.0 Å². The molecule has 4 N–H and O–H groups in total. The van der Waals surface area contributed by atoms with E-state index in [1.165, 1.54) is 13.8 Å². The molecule has 3 aromatic heterocycles. The molecule has 3 heterocycles. The molecule has 1 fully saturated rings. The van der Waals surface area contributed by atoms with Gasteiger partial charge in [-0.05, 0) is 57.4 Å². The van der Waals surface area contributed by atoms with Crippen LogP contribution in [-0.2, 0) is 11.0 Å². The van der Waals surface area contributed by atoms with Gasteiger partial charge in [-0.1, -0.05) is 24.6 Å². The second kappa shape index (κ2) is 12.5. The van der Waals surface area contributed by atoms with E-state index in [-0.39, 0.29) is 17.8 Å². The second-order valence-electron chi connectivity index (χ2n) is 10.4. The molecule has 5 rings (SSSR count). The summed E-state index contributed by atoms with van der Waals surface area (Å²) in [5.74, 6) is 0.389. The summed E-state index contributed by atoms with van der Waals surface area (Å²) in [4.78, 5) is 35.8. The van der Waals surface area contributed by atoms with Gasteiger partial charge in [0.15, 0.2) is 5.67 Å². The lowest BCUT2D eigenvalue weighted by molar-refractivity contribution is -0.137. The second-order valence-corrected chi connectivity index (χ2v) is 10.4. The van der Waals surface area contributed by atoms with Crippen LogP contribution in [0.15, 0.2) is 67.3 Å². The standard InChI is InChI=1S/C16H22FN5O.C13H9F3N2O/c1-16(2,17)15(23)21-11-5-3-4-10(8-11)14-20-9-12-13(18)19-6-7-22(12)14;14-13(15,16)10-6-7-17-11(8-10)18-12(19)9-4-2-1-3-5-9/h6-7,9-11H,3-5,8H2,1-2H3,(H2,18,19)(H,21,23);1-8H,(H,17,18,19)/t10-,11-;/m0./s1. The van der Waals surface area contributed by atoms with Crippen LogP contribution in [0.1, 0.15) is 67.2 Å². The summed E-state index contributed by atoms with van der Waals surface area (Å²) in [5, 5.41) is 5.14. The fraction of sp³-hybridized carbons (Fsp3) is 0.345. The van der Waals surface area contributed by atoms with Gasteiger partial charge in [0, 0.05) is 36.1 Å². The van der Waals surface area contributed by atoms with Crippen molar-refractivity contribution >= 4 is 29.0 Å². The number of imidazole rings is 1. The number of aromatic nitrogens is 4. The summed E-state index contributed by atoms with van der Waals surface area (Å²) in [6, 6.07) is 9.79. The number of halogens is 4. The molecule has 4 aromatic rings. The Balaban J connectivity index is 0.000000197. The molecule has 1 aromatic carbocycles. The smallest absolute Gasteiger partial charge is 0.382 e. The Labute approximate surface area is 239 Å². The van der Waals surface area contributed by atoms with Crippen molar-refractivity contribution in [3.05, 3.63) is 84.2 Å². The van der Waals surface area contributed by atoms with Crippen molar-refractivity contribution in [1.82, 2.24) is 24.7 Å². The molecular weight excluding hydrogens is 554 g/mol. The number of benzene rings is 1. The first kappa shape index (κ1) is 30.4. The molecule has 0 saturated heterocycles. The third kappa shape index (κ3) is 7.59. The Hall–Kier alpha value is -4.55. The maximum Gasteiger partial charge on any atom is 0.416 e. The molecule has 0 bridgehead atoms. The van der Waals surface area contributed by atoms with E-state index in [0.29, 0.717) is 11.4 Å². The maximum absolute atomic E-state index is 13.7. The average molecular weight is 586 g/mol. The zero-order chi connectivity index (χ0) is 30.5. The number of nitrogens with zero attached hydrogens (tertiary/aromatic N) is 4. The molecule has 0 spiro atoms. The van der Waals surface area contributed by atoms with Gasteiger partial charge >= 0.3 is 6.18 Å². The van der Waals surface area contributed by atoms with E-state index >= 15 is 0 Å². The van der Waals surface area contributed by atoms with E-state index < -0.39 is 29.2 Å². The SMILES string of the molecule is CC(C)(F)C(=O)N[C@H]1CCC[C@H](c2ncc3c(N)nccn23)C1.O=C(Nc1cc(C(F)(F)F)ccn1)c1ccccc1. The van der Waals surface area contributed by atoms with Crippen LogP contribution in [0.4, 0.5) is 29.2 Å². The quantitative estimate of drug-likeness (QED) is 0.264. The van der Waals surface area contributed by atoms with Crippen molar-refractivity contribution in [1.29, 1.82) is 0 Å². The van der Waals surface area contributed by atoms with Gasteiger partial charge in [-0.2, -0.15) is 13.2 Å². The van der Waals surface area contributed by atoms with Crippen molar-refractivity contribution in [3.8, 4) is 0 Å². The van der Waals surface area contributed by atoms with E-state index in [9.17, 15) is 27.2 Å². The highest BCUT2D eigenvalue weighted by molar-refractivity contribution is 6.03. The molecule has 42 heavy (non-hydrogen) atoms. The van der Waals surface area contributed by atoms with Crippen molar-refractivity contribution in [2.24, 2.45) is 0 Å². The number of fused-ring (bicyclic) bond motifs is 1. The molecule has 13 heteroatoms. The maximum atomic E-state index is 13.7. The summed E-state index contributed by atoms with van der Waals surface area (Å²) in [5.41, 5.74) is 4.30. The number of anilines is 2. The van der Waals surface area contributed by atoms with Crippen LogP contribution in [-0.4, -0.2) is 42.9 Å². The number of amides is 2. The molecule has 2 amide bonds. The van der Waals surface area contributed by atoms with E-state index in [0.717, 1.165) is 55.4 Å². The van der Waals surface area contributed by atoms with Crippen molar-refractivity contribution in [3.63, 3.8) is 0 Å². The molecule has 222 valence electrons. The molecule has 1 saturated carbocycles. The fourth-order valence-corrected chi connectivity index (χ4v) is 4.64. The largest absolute Gasteiger partial charge is 0.416 e. The van der Waals surface area contributed by atoms with Gasteiger partial charge in [-0.15, -0.1) is 0 Å². The highest BCUT2D eigenvalue weighted by atomic mass is 19.4. The minimum atomic E-state index is -4.46. The van der Waals surface area contributed by atoms with Crippen molar-refractivity contribution in [2.75, 3.05) is 11.1 Å². The van der Waals surface area contributed by atoms with E-state index in [1.54, 1.807) is 42.7 Å². The topological polar surface area (TPSA) is 127 Å². The Morgan fingerprint density at radius 1 is 1.00 bits per heavy atom. The van der Waals surface area contributed by atoms with E-state index in [4.69, 9.17) is 5.73 Å². The molecule has 2 atom stereocenters. The van der Waals surface area contributed by atoms with E-state index in [1.807, 2.05) is 10.6 Å². The molecular formula is C29H31F4N7O2. The number of hydrogen-bond donors (Lipinski definition) is 3. The number of pyridine rings is 1. The van der Waals surface area contributed by atoms with Crippen molar-refractivity contribution < 1.29 is 27.2 Å². The third-order valence-corrected chi connectivity index (χ3v) is 6.80. The monoisotopic (exact) mass is 585 g/mol. The fourth-order valence-electron chi connectivity index (χ4n) is 4.64. The number of hydrogen-bond acceptors (Lipinski definition) is 6. The Kier molecular flexibility index (Phi) is 9.08. The van der Waals surface area contributed by atoms with Crippen LogP contribution >= 0.6 is 0 Å². The number of carbonyl (C=O) groups excluding carboxylic acids is 2. The predicted molar refractivity (Wildman–Crippen MR) is 149 cm³/mol. The molecule has 9 nitrogen and oxygen atoms in total. The van der Waals surface area contributed by atoms with Crippen LogP contribution in [0.2, 0.25) is 0 Å². The van der Waals surface area contributed by atoms with Gasteiger partial charge in [0.2, 0.25) is 0 Å². The first-order valence-corrected chi connectivity index (χ1v) is 13.3. The zero-order valence-corrected chi connectivity index (χ0v) is 23.0. The summed E-state index contributed by atoms with van der Waals surface area (Å²) < 4.78 is 53.1. The van der Waals surface area contributed by atoms with E-state index in [2.05, 4.69) is 25.6 Å². The lowest BCUT2D eigenvalue weighted by atomic mass is 9.85. The normalized spacial score (nSPS) is 17.2.